The van der Waals surface area contributed by atoms with Gasteiger partial charge in [-0.25, -0.2) is 4.98 Å². The third-order valence-corrected chi connectivity index (χ3v) is 15.5. The van der Waals surface area contributed by atoms with E-state index in [-0.39, 0.29) is 37.3 Å². The fraction of sp³-hybridized carbons (Fsp3) is 0.167. The second-order valence-corrected chi connectivity index (χ2v) is 23.8. The van der Waals surface area contributed by atoms with Crippen molar-refractivity contribution < 1.29 is 25.5 Å². The molecule has 0 aliphatic carbocycles. The first kappa shape index (κ1) is 50.7. The Hall–Kier alpha value is -8.11. The number of hydrogen-bond acceptors (Lipinski definition) is 2. The summed E-state index contributed by atoms with van der Waals surface area (Å²) >= 11 is 0. The summed E-state index contributed by atoms with van der Waals surface area (Å²) in [6.45, 7) is 20.6. The molecule has 0 N–H and O–H groups in total. The molecule has 6 heteroatoms. The third-order valence-electron chi connectivity index (χ3n) is 15.5. The van der Waals surface area contributed by atoms with Crippen LogP contribution in [0.5, 0.6) is 0 Å². The van der Waals surface area contributed by atoms with E-state index in [0.717, 1.165) is 110 Å². The average Bonchev–Trinajstić information content (AvgIpc) is 4.06. The first-order valence-corrected chi connectivity index (χ1v) is 26.8. The fourth-order valence-electron chi connectivity index (χ4n) is 11.2. The van der Waals surface area contributed by atoms with Crippen LogP contribution in [0.15, 0.2) is 211 Å². The predicted molar refractivity (Wildman–Crippen MR) is 324 cm³/mol. The van der Waals surface area contributed by atoms with Crippen LogP contribution in [0.25, 0.3) is 116 Å². The van der Waals surface area contributed by atoms with Crippen molar-refractivity contribution in [2.24, 2.45) is 0 Å². The summed E-state index contributed by atoms with van der Waals surface area (Å²) in [6.07, 6.45) is 2.26. The van der Waals surface area contributed by atoms with Gasteiger partial charge in [0, 0.05) is 49.5 Å². The van der Waals surface area contributed by atoms with Crippen LogP contribution in [-0.4, -0.2) is 18.5 Å². The maximum absolute atomic E-state index is 7.08. The molecule has 1 aliphatic heterocycles. The molecule has 0 saturated carbocycles. The van der Waals surface area contributed by atoms with E-state index in [1.54, 1.807) is 0 Å². The number of rotatable bonds is 2. The van der Waals surface area contributed by atoms with E-state index in [0.29, 0.717) is 11.2 Å². The van der Waals surface area contributed by atoms with Crippen LogP contribution in [0.3, 0.4) is 0 Å². The first-order valence-electron chi connectivity index (χ1n) is 26.8. The summed E-state index contributed by atoms with van der Waals surface area (Å²) in [5.74, 6) is 0. The molecule has 0 atom stereocenters. The summed E-state index contributed by atoms with van der Waals surface area (Å²) in [7, 11) is 0. The topological polar surface area (TPSA) is 40.3 Å². The molecule has 0 spiro atoms. The number of nitrogens with zero attached hydrogens (tertiary/aromatic N) is 4. The Morgan fingerprint density at radius 3 is 1.78 bits per heavy atom. The zero-order chi connectivity index (χ0) is 53.0. The molecule has 0 saturated heterocycles. The Morgan fingerprint density at radius 2 is 1.06 bits per heavy atom. The number of benzene rings is 9. The van der Waals surface area contributed by atoms with Crippen molar-refractivity contribution in [3.8, 4) is 33.6 Å². The van der Waals surface area contributed by atoms with Crippen molar-refractivity contribution in [2.45, 2.75) is 78.6 Å². The van der Waals surface area contributed by atoms with Gasteiger partial charge in [0.1, 0.15) is 5.65 Å². The molecule has 1 aliphatic rings. The van der Waals surface area contributed by atoms with Gasteiger partial charge in [-0.1, -0.05) is 219 Å². The molecule has 3 aromatic heterocycles. The Labute approximate surface area is 470 Å². The van der Waals surface area contributed by atoms with Gasteiger partial charge < -0.3 is 18.0 Å². The minimum absolute atomic E-state index is 0. The number of para-hydroxylation sites is 2. The maximum Gasteiger partial charge on any atom is 0.136 e. The van der Waals surface area contributed by atoms with E-state index < -0.39 is 0 Å². The van der Waals surface area contributed by atoms with E-state index in [1.165, 1.54) is 11.1 Å². The van der Waals surface area contributed by atoms with Gasteiger partial charge in [0.05, 0.1) is 5.52 Å². The van der Waals surface area contributed by atoms with Crippen LogP contribution in [0.1, 0.15) is 79.0 Å². The maximum atomic E-state index is 7.08. The molecule has 0 amide bonds. The molecule has 78 heavy (non-hydrogen) atoms. The molecule has 0 unspecified atom stereocenters. The molecule has 4 heterocycles. The second kappa shape index (κ2) is 19.1. The number of aromatic nitrogens is 4. The molecule has 12 aromatic rings. The molecule has 5 nitrogen and oxygen atoms in total. The number of pyridine rings is 1. The number of fused-ring (bicyclic) bond motifs is 23. The molecule has 13 rings (SSSR count). The van der Waals surface area contributed by atoms with E-state index in [2.05, 4.69) is 294 Å². The first-order chi connectivity index (χ1) is 37.0. The van der Waals surface area contributed by atoms with Gasteiger partial charge in [-0.05, 0) is 118 Å². The summed E-state index contributed by atoms with van der Waals surface area (Å²) in [5, 5.41) is 7.72. The van der Waals surface area contributed by atoms with Crippen LogP contribution in [-0.2, 0) is 37.3 Å². The van der Waals surface area contributed by atoms with Gasteiger partial charge in [0.15, 0.2) is 0 Å². The SMILES string of the molecule is CC(C)(C)c1cc(-c2ccccc2)c2c(c1)c1ccccc1c1cccc(c1)c1cc(C(C)(C)C)cc(n1)n1c3[c-]c(ccc3c3cc(-c4ccccc4)ccc31)oc1[c-]c(cc(C(C)(C)C)c1)n1[cH-]n2-c2ccccc2-1.[Pt]. The predicted octanol–water partition coefficient (Wildman–Crippen LogP) is 19.4. The third kappa shape index (κ3) is 8.98. The number of hydrogen-bond donors (Lipinski definition) is 0. The minimum Gasteiger partial charge on any atom is -0.510 e. The van der Waals surface area contributed by atoms with Crippen LogP contribution in [0.2, 0.25) is 0 Å². The zero-order valence-corrected chi connectivity index (χ0v) is 47.9. The van der Waals surface area contributed by atoms with Gasteiger partial charge in [-0.3, -0.25) is 0 Å². The monoisotopic (exact) mass is 1190 g/mol. The van der Waals surface area contributed by atoms with E-state index in [1.807, 2.05) is 0 Å². The van der Waals surface area contributed by atoms with Crippen molar-refractivity contribution in [3.63, 3.8) is 0 Å². The summed E-state index contributed by atoms with van der Waals surface area (Å²) in [5.41, 5.74) is 16.5. The molecule has 0 radical (unpaired) electrons. The fourth-order valence-corrected chi connectivity index (χ4v) is 11.2. The minimum atomic E-state index is -0.220. The quantitative estimate of drug-likeness (QED) is 0.162. The Kier molecular flexibility index (Phi) is 12.4. The molecule has 9 aromatic carbocycles. The van der Waals surface area contributed by atoms with E-state index in [4.69, 9.17) is 9.40 Å². The van der Waals surface area contributed by atoms with Gasteiger partial charge in [-0.15, -0.1) is 29.1 Å². The van der Waals surface area contributed by atoms with Gasteiger partial charge in [-0.2, -0.15) is 23.8 Å². The van der Waals surface area contributed by atoms with Crippen molar-refractivity contribution >= 4 is 82.1 Å². The summed E-state index contributed by atoms with van der Waals surface area (Å²) in [6, 6.07) is 80.5. The van der Waals surface area contributed by atoms with E-state index >= 15 is 0 Å². The van der Waals surface area contributed by atoms with Crippen molar-refractivity contribution in [3.05, 3.63) is 235 Å². The van der Waals surface area contributed by atoms with E-state index in [9.17, 15) is 0 Å². The second-order valence-electron chi connectivity index (χ2n) is 23.8. The average molecular weight is 1190 g/mol. The molecule has 10 bridgehead atoms. The summed E-state index contributed by atoms with van der Waals surface area (Å²) < 4.78 is 14.0. The zero-order valence-electron chi connectivity index (χ0n) is 45.6. The molecular formula is C72H61N4OPt-3. The molecular weight excluding hydrogens is 1130 g/mol. The summed E-state index contributed by atoms with van der Waals surface area (Å²) in [4.78, 5) is 5.67. The van der Waals surface area contributed by atoms with Gasteiger partial charge >= 0.3 is 0 Å². The van der Waals surface area contributed by atoms with Gasteiger partial charge in [0.2, 0.25) is 0 Å². The Balaban J connectivity index is 0.00000609. The van der Waals surface area contributed by atoms with Crippen molar-refractivity contribution in [2.75, 3.05) is 0 Å². The number of imidazole rings is 1. The molecule has 388 valence electrons. The smallest absolute Gasteiger partial charge is 0.136 e. The van der Waals surface area contributed by atoms with Crippen LogP contribution >= 0.6 is 0 Å². The van der Waals surface area contributed by atoms with Crippen molar-refractivity contribution in [1.29, 1.82) is 0 Å². The normalized spacial score (nSPS) is 12.3. The Morgan fingerprint density at radius 1 is 0.436 bits per heavy atom. The van der Waals surface area contributed by atoms with Crippen LogP contribution < -0.4 is 0 Å². The Bertz CT molecular complexity index is 4620. The van der Waals surface area contributed by atoms with Crippen LogP contribution in [0.4, 0.5) is 0 Å². The van der Waals surface area contributed by atoms with Crippen LogP contribution in [0, 0.1) is 12.1 Å². The largest absolute Gasteiger partial charge is 0.510 e. The van der Waals surface area contributed by atoms with Gasteiger partial charge in [0.25, 0.3) is 0 Å². The molecule has 0 fully saturated rings. The standard InChI is InChI=1S/C72H61N4O.Pt/c1-70(2,3)51-37-54-43-56(38-51)77-55-32-33-59-61-36-48(46-21-12-10-13-22-46)31-34-64(61)76(67(59)44-55)68-42-53(72(7,8)9)41-63(73-68)50-26-20-25-49(35-50)57-27-16-17-28-58(57)62-40-52(71(4,5)6)39-60(47-23-14-11-15-24-47)69(62)75-45-74(54)65-29-18-19-30-66(65)75;/h10-42,45H,1-9H3;/q-3;. The van der Waals surface area contributed by atoms with Crippen molar-refractivity contribution in [1.82, 2.24) is 18.5 Å².